The van der Waals surface area contributed by atoms with Crippen molar-refractivity contribution in [3.05, 3.63) is 64.9 Å². The zero-order chi connectivity index (χ0) is 18.0. The van der Waals surface area contributed by atoms with E-state index in [2.05, 4.69) is 5.32 Å². The number of nitrogens with one attached hydrogen (secondary N) is 1. The van der Waals surface area contributed by atoms with Crippen molar-refractivity contribution < 1.29 is 13.9 Å². The van der Waals surface area contributed by atoms with Gasteiger partial charge in [-0.05, 0) is 49.7 Å². The Hall–Kier alpha value is -2.79. The van der Waals surface area contributed by atoms with E-state index < -0.39 is 0 Å². The molecule has 0 aliphatic rings. The van der Waals surface area contributed by atoms with Crippen molar-refractivity contribution in [2.24, 2.45) is 5.73 Å². The van der Waals surface area contributed by atoms with Crippen LogP contribution in [0.2, 0.25) is 0 Å². The van der Waals surface area contributed by atoms with Gasteiger partial charge in [0.1, 0.15) is 17.1 Å². The summed E-state index contributed by atoms with van der Waals surface area (Å²) in [5.41, 5.74) is 8.95. The number of carbonyl (C=O) groups excluding carboxylic acids is 1. The van der Waals surface area contributed by atoms with Gasteiger partial charge in [0.15, 0.2) is 0 Å². The molecule has 0 spiro atoms. The number of amides is 1. The van der Waals surface area contributed by atoms with E-state index in [-0.39, 0.29) is 11.9 Å². The first-order valence-electron chi connectivity index (χ1n) is 8.20. The normalized spacial score (nSPS) is 12.2. The summed E-state index contributed by atoms with van der Waals surface area (Å²) in [7, 11) is 1.64. The fourth-order valence-corrected chi connectivity index (χ4v) is 2.90. The van der Waals surface area contributed by atoms with Crippen LogP contribution in [0.1, 0.15) is 40.2 Å². The van der Waals surface area contributed by atoms with Gasteiger partial charge in [-0.15, -0.1) is 0 Å². The molecule has 3 N–H and O–H groups in total. The highest BCUT2D eigenvalue weighted by atomic mass is 16.5. The lowest BCUT2D eigenvalue weighted by atomic mass is 10.1. The Balaban J connectivity index is 1.82. The molecule has 0 radical (unpaired) electrons. The summed E-state index contributed by atoms with van der Waals surface area (Å²) in [5, 5.41) is 3.97. The first-order chi connectivity index (χ1) is 12.0. The summed E-state index contributed by atoms with van der Waals surface area (Å²) < 4.78 is 11.2. The molecule has 1 amide bonds. The third-order valence-corrected chi connectivity index (χ3v) is 4.37. The van der Waals surface area contributed by atoms with Gasteiger partial charge in [0.25, 0.3) is 5.91 Å². The highest BCUT2D eigenvalue weighted by Crippen LogP contribution is 2.32. The van der Waals surface area contributed by atoms with Crippen molar-refractivity contribution in [1.29, 1.82) is 0 Å². The number of furan rings is 1. The number of hydrogen-bond acceptors (Lipinski definition) is 4. The second-order valence-corrected chi connectivity index (χ2v) is 6.05. The monoisotopic (exact) mass is 338 g/mol. The van der Waals surface area contributed by atoms with Gasteiger partial charge in [0.05, 0.1) is 13.2 Å². The standard InChI is InChI=1S/C20H22N2O3/c1-12-17-10-16(24-3)8-9-18(17)25-19(12)13(2)22-20(23)15-6-4-14(11-21)5-7-15/h4-10,13H,11,21H2,1-3H3,(H,22,23). The van der Waals surface area contributed by atoms with Crippen LogP contribution < -0.4 is 15.8 Å². The van der Waals surface area contributed by atoms with Crippen molar-refractivity contribution in [2.75, 3.05) is 7.11 Å². The van der Waals surface area contributed by atoms with E-state index >= 15 is 0 Å². The number of methoxy groups -OCH3 is 1. The summed E-state index contributed by atoms with van der Waals surface area (Å²) in [6.07, 6.45) is 0. The maximum absolute atomic E-state index is 12.5. The fraction of sp³-hybridized carbons (Fsp3) is 0.250. The number of benzene rings is 2. The molecule has 0 saturated heterocycles. The molecule has 3 aromatic rings. The van der Waals surface area contributed by atoms with Gasteiger partial charge < -0.3 is 20.2 Å². The molecule has 1 atom stereocenters. The molecule has 5 heteroatoms. The van der Waals surface area contributed by atoms with Gasteiger partial charge in [-0.2, -0.15) is 0 Å². The smallest absolute Gasteiger partial charge is 0.251 e. The minimum absolute atomic E-state index is 0.145. The second kappa shape index (κ2) is 6.99. The first kappa shape index (κ1) is 17.0. The van der Waals surface area contributed by atoms with Gasteiger partial charge in [-0.3, -0.25) is 4.79 Å². The fourth-order valence-electron chi connectivity index (χ4n) is 2.90. The molecule has 3 rings (SSSR count). The quantitative estimate of drug-likeness (QED) is 0.743. The SMILES string of the molecule is COc1ccc2oc(C(C)NC(=O)c3ccc(CN)cc3)c(C)c2c1. The number of rotatable bonds is 5. The van der Waals surface area contributed by atoms with Crippen LogP contribution in [-0.2, 0) is 6.54 Å². The van der Waals surface area contributed by atoms with Crippen LogP contribution in [0.15, 0.2) is 46.9 Å². The molecule has 2 aromatic carbocycles. The molecular formula is C20H22N2O3. The third kappa shape index (κ3) is 3.37. The van der Waals surface area contributed by atoms with Crippen molar-refractivity contribution >= 4 is 16.9 Å². The highest BCUT2D eigenvalue weighted by molar-refractivity contribution is 5.94. The maximum atomic E-state index is 12.5. The third-order valence-electron chi connectivity index (χ3n) is 4.37. The highest BCUT2D eigenvalue weighted by Gasteiger charge is 2.19. The van der Waals surface area contributed by atoms with Crippen LogP contribution in [0.25, 0.3) is 11.0 Å². The Morgan fingerprint density at radius 2 is 1.96 bits per heavy atom. The Morgan fingerprint density at radius 1 is 1.24 bits per heavy atom. The van der Waals surface area contributed by atoms with Gasteiger partial charge in [0, 0.05) is 23.1 Å². The van der Waals surface area contributed by atoms with Gasteiger partial charge in [0.2, 0.25) is 0 Å². The van der Waals surface area contributed by atoms with Crippen molar-refractivity contribution in [3.8, 4) is 5.75 Å². The van der Waals surface area contributed by atoms with Crippen LogP contribution in [-0.4, -0.2) is 13.0 Å². The molecule has 25 heavy (non-hydrogen) atoms. The lowest BCUT2D eigenvalue weighted by Crippen LogP contribution is -2.26. The Labute approximate surface area is 146 Å². The summed E-state index contributed by atoms with van der Waals surface area (Å²) in [6, 6.07) is 12.7. The lowest BCUT2D eigenvalue weighted by molar-refractivity contribution is 0.0935. The van der Waals surface area contributed by atoms with Crippen LogP contribution in [0.3, 0.4) is 0 Å². The Kier molecular flexibility index (Phi) is 4.76. The number of aryl methyl sites for hydroxylation is 1. The zero-order valence-electron chi connectivity index (χ0n) is 14.6. The predicted molar refractivity (Wildman–Crippen MR) is 97.7 cm³/mol. The maximum Gasteiger partial charge on any atom is 0.251 e. The minimum atomic E-state index is -0.250. The summed E-state index contributed by atoms with van der Waals surface area (Å²) in [6.45, 7) is 4.35. The predicted octanol–water partition coefficient (Wildman–Crippen LogP) is 3.70. The lowest BCUT2D eigenvalue weighted by Gasteiger charge is -2.13. The number of hydrogen-bond donors (Lipinski definition) is 2. The molecule has 1 heterocycles. The van der Waals surface area contributed by atoms with Crippen molar-refractivity contribution in [2.45, 2.75) is 26.4 Å². The molecule has 0 aliphatic carbocycles. The Bertz CT molecular complexity index is 897. The molecular weight excluding hydrogens is 316 g/mol. The van der Waals surface area contributed by atoms with Crippen molar-refractivity contribution in [3.63, 3.8) is 0 Å². The van der Waals surface area contributed by atoms with E-state index in [4.69, 9.17) is 14.9 Å². The second-order valence-electron chi connectivity index (χ2n) is 6.05. The topological polar surface area (TPSA) is 77.5 Å². The molecule has 1 aromatic heterocycles. The number of carbonyl (C=O) groups is 1. The summed E-state index contributed by atoms with van der Waals surface area (Å²) in [5.74, 6) is 1.38. The number of fused-ring (bicyclic) bond motifs is 1. The number of nitrogens with two attached hydrogens (primary N) is 1. The molecule has 130 valence electrons. The average molecular weight is 338 g/mol. The van der Waals surface area contributed by atoms with Gasteiger partial charge >= 0.3 is 0 Å². The zero-order valence-corrected chi connectivity index (χ0v) is 14.6. The van der Waals surface area contributed by atoms with Crippen LogP contribution in [0.4, 0.5) is 0 Å². The van der Waals surface area contributed by atoms with Gasteiger partial charge in [-0.1, -0.05) is 12.1 Å². The van der Waals surface area contributed by atoms with E-state index in [0.717, 1.165) is 33.6 Å². The number of ether oxygens (including phenoxy) is 1. The van der Waals surface area contributed by atoms with E-state index in [1.165, 1.54) is 0 Å². The van der Waals surface area contributed by atoms with Gasteiger partial charge in [-0.25, -0.2) is 0 Å². The van der Waals surface area contributed by atoms with Crippen LogP contribution in [0.5, 0.6) is 5.75 Å². The molecule has 0 saturated carbocycles. The average Bonchev–Trinajstić information content (AvgIpc) is 2.98. The largest absolute Gasteiger partial charge is 0.497 e. The Morgan fingerprint density at radius 3 is 2.60 bits per heavy atom. The van der Waals surface area contributed by atoms with E-state index in [1.54, 1.807) is 19.2 Å². The summed E-state index contributed by atoms with van der Waals surface area (Å²) >= 11 is 0. The first-order valence-corrected chi connectivity index (χ1v) is 8.20. The molecule has 0 fully saturated rings. The minimum Gasteiger partial charge on any atom is -0.497 e. The van der Waals surface area contributed by atoms with E-state index in [9.17, 15) is 4.79 Å². The molecule has 0 aliphatic heterocycles. The van der Waals surface area contributed by atoms with Crippen molar-refractivity contribution in [1.82, 2.24) is 5.32 Å². The molecule has 5 nitrogen and oxygen atoms in total. The van der Waals surface area contributed by atoms with E-state index in [1.807, 2.05) is 44.2 Å². The molecule has 1 unspecified atom stereocenters. The molecule has 0 bridgehead atoms. The van der Waals surface area contributed by atoms with Crippen LogP contribution >= 0.6 is 0 Å². The van der Waals surface area contributed by atoms with E-state index in [0.29, 0.717) is 12.1 Å². The summed E-state index contributed by atoms with van der Waals surface area (Å²) in [4.78, 5) is 12.5. The van der Waals surface area contributed by atoms with Crippen LogP contribution in [0, 0.1) is 6.92 Å².